The molecule has 5 nitrogen and oxygen atoms in total. The molecule has 0 aliphatic heterocycles. The molecule has 0 bridgehead atoms. The molecule has 0 amide bonds. The third kappa shape index (κ3) is 3.02. The molecule has 0 fully saturated rings. The molecule has 0 atom stereocenters. The van der Waals surface area contributed by atoms with Crippen LogP contribution in [0.1, 0.15) is 0 Å². The molecule has 2 aromatic carbocycles. The molecule has 0 saturated carbocycles. The van der Waals surface area contributed by atoms with Crippen molar-refractivity contribution < 1.29 is 26.7 Å². The summed E-state index contributed by atoms with van der Waals surface area (Å²) in [5.41, 5.74) is -4.95. The van der Waals surface area contributed by atoms with Gasteiger partial charge in [-0.05, 0) is 30.3 Å². The van der Waals surface area contributed by atoms with Crippen LogP contribution in [0.4, 0.5) is 18.9 Å². The summed E-state index contributed by atoms with van der Waals surface area (Å²) in [5.74, 6) is -0.219. The first kappa shape index (κ1) is 16.5. The number of anilines is 1. The van der Waals surface area contributed by atoms with Gasteiger partial charge >= 0.3 is 15.5 Å². The molecule has 0 aliphatic carbocycles. The molecule has 3 rings (SSSR count). The maximum atomic E-state index is 12.5. The van der Waals surface area contributed by atoms with E-state index in [4.69, 9.17) is 0 Å². The van der Waals surface area contributed by atoms with Gasteiger partial charge in [0.25, 0.3) is 0 Å². The molecule has 10 heteroatoms. The van der Waals surface area contributed by atoms with Crippen molar-refractivity contribution in [2.75, 3.05) is 4.72 Å². The number of benzene rings is 2. The van der Waals surface area contributed by atoms with Crippen LogP contribution in [0.25, 0.3) is 20.8 Å². The first-order valence-electron chi connectivity index (χ1n) is 6.45. The fourth-order valence-corrected chi connectivity index (χ4v) is 3.51. The minimum absolute atomic E-state index is 0.138. The highest BCUT2D eigenvalue weighted by molar-refractivity contribution is 7.93. The maximum absolute atomic E-state index is 12.5. The monoisotopic (exact) mass is 374 g/mol. The Morgan fingerprint density at radius 2 is 1.83 bits per heavy atom. The van der Waals surface area contributed by atoms with Crippen molar-refractivity contribution in [3.63, 3.8) is 0 Å². The number of aromatic hydroxyl groups is 1. The quantitative estimate of drug-likeness (QED) is 0.681. The summed E-state index contributed by atoms with van der Waals surface area (Å²) < 4.78 is 62.0. The Morgan fingerprint density at radius 1 is 1.12 bits per heavy atom. The van der Waals surface area contributed by atoms with E-state index in [2.05, 4.69) is 4.98 Å². The SMILES string of the molecule is O=S(=O)(Nc1ccc(O)c(-c2nc3ccccc3s2)c1)C(F)(F)F. The Labute approximate surface area is 138 Å². The molecule has 1 heterocycles. The second kappa shape index (κ2) is 5.64. The number of aromatic nitrogens is 1. The van der Waals surface area contributed by atoms with E-state index in [0.29, 0.717) is 10.5 Å². The van der Waals surface area contributed by atoms with E-state index in [-0.39, 0.29) is 17.0 Å². The lowest BCUT2D eigenvalue weighted by Gasteiger charge is -2.11. The summed E-state index contributed by atoms with van der Waals surface area (Å²) in [4.78, 5) is 4.29. The Kier molecular flexibility index (Phi) is 3.88. The van der Waals surface area contributed by atoms with Crippen molar-refractivity contribution in [3.8, 4) is 16.3 Å². The molecular weight excluding hydrogens is 365 g/mol. The van der Waals surface area contributed by atoms with Gasteiger partial charge in [-0.25, -0.2) is 4.98 Å². The molecule has 0 aliphatic rings. The van der Waals surface area contributed by atoms with Gasteiger partial charge in [-0.15, -0.1) is 11.3 Å². The average molecular weight is 374 g/mol. The predicted molar refractivity (Wildman–Crippen MR) is 85.3 cm³/mol. The number of fused-ring (bicyclic) bond motifs is 1. The summed E-state index contributed by atoms with van der Waals surface area (Å²) in [7, 11) is -5.54. The number of para-hydroxylation sites is 1. The van der Waals surface area contributed by atoms with Crippen molar-refractivity contribution in [1.29, 1.82) is 0 Å². The number of halogens is 3. The van der Waals surface area contributed by atoms with Gasteiger partial charge in [0, 0.05) is 5.69 Å². The van der Waals surface area contributed by atoms with Crippen LogP contribution in [-0.2, 0) is 10.0 Å². The number of hydrogen-bond acceptors (Lipinski definition) is 5. The topological polar surface area (TPSA) is 79.3 Å². The predicted octanol–water partition coefficient (Wildman–Crippen LogP) is 3.93. The Balaban J connectivity index is 2.04. The molecule has 0 unspecified atom stereocenters. The first-order valence-corrected chi connectivity index (χ1v) is 8.75. The Hall–Kier alpha value is -2.33. The number of hydrogen-bond donors (Lipinski definition) is 2. The number of rotatable bonds is 3. The molecule has 1 aromatic heterocycles. The van der Waals surface area contributed by atoms with E-state index in [1.165, 1.54) is 16.1 Å². The van der Waals surface area contributed by atoms with Crippen LogP contribution in [0.15, 0.2) is 42.5 Å². The van der Waals surface area contributed by atoms with Crippen molar-refractivity contribution in [3.05, 3.63) is 42.5 Å². The van der Waals surface area contributed by atoms with Gasteiger partial charge in [0.15, 0.2) is 0 Å². The molecule has 24 heavy (non-hydrogen) atoms. The summed E-state index contributed by atoms with van der Waals surface area (Å²) in [6.07, 6.45) is 0. The highest BCUT2D eigenvalue weighted by Gasteiger charge is 2.46. The summed E-state index contributed by atoms with van der Waals surface area (Å²) in [6, 6.07) is 10.4. The lowest BCUT2D eigenvalue weighted by molar-refractivity contribution is -0.0429. The number of nitrogens with zero attached hydrogens (tertiary/aromatic N) is 1. The smallest absolute Gasteiger partial charge is 0.507 e. The third-order valence-electron chi connectivity index (χ3n) is 3.08. The molecule has 0 spiro atoms. The van der Waals surface area contributed by atoms with Gasteiger partial charge in [-0.1, -0.05) is 12.1 Å². The second-order valence-electron chi connectivity index (χ2n) is 4.77. The Bertz CT molecular complexity index is 981. The van der Waals surface area contributed by atoms with Gasteiger partial charge in [0.2, 0.25) is 0 Å². The lowest BCUT2D eigenvalue weighted by atomic mass is 10.2. The van der Waals surface area contributed by atoms with Crippen molar-refractivity contribution in [2.24, 2.45) is 0 Å². The van der Waals surface area contributed by atoms with Crippen molar-refractivity contribution in [1.82, 2.24) is 4.98 Å². The molecular formula is C14H9F3N2O3S2. The zero-order chi connectivity index (χ0) is 17.5. The van der Waals surface area contributed by atoms with E-state index >= 15 is 0 Å². The average Bonchev–Trinajstić information content (AvgIpc) is 2.91. The molecule has 126 valence electrons. The highest BCUT2D eigenvalue weighted by Crippen LogP contribution is 2.37. The number of phenols is 1. The van der Waals surface area contributed by atoms with E-state index in [1.54, 1.807) is 18.2 Å². The van der Waals surface area contributed by atoms with Crippen LogP contribution in [0.5, 0.6) is 5.75 Å². The number of thiazole rings is 1. The van der Waals surface area contributed by atoms with Gasteiger partial charge < -0.3 is 5.11 Å². The number of alkyl halides is 3. The summed E-state index contributed by atoms with van der Waals surface area (Å²) in [6.45, 7) is 0. The number of nitrogens with one attached hydrogen (secondary N) is 1. The molecule has 2 N–H and O–H groups in total. The lowest BCUT2D eigenvalue weighted by Crippen LogP contribution is -2.29. The van der Waals surface area contributed by atoms with Crippen molar-refractivity contribution >= 4 is 37.3 Å². The summed E-state index contributed by atoms with van der Waals surface area (Å²) in [5, 5.41) is 10.3. The van der Waals surface area contributed by atoms with E-state index in [0.717, 1.165) is 22.9 Å². The van der Waals surface area contributed by atoms with E-state index in [1.807, 2.05) is 6.07 Å². The number of sulfonamides is 1. The second-order valence-corrected chi connectivity index (χ2v) is 7.47. The fourth-order valence-electron chi connectivity index (χ4n) is 1.97. The Morgan fingerprint density at radius 3 is 2.50 bits per heavy atom. The summed E-state index contributed by atoms with van der Waals surface area (Å²) >= 11 is 1.23. The zero-order valence-corrected chi connectivity index (χ0v) is 13.3. The van der Waals surface area contributed by atoms with Gasteiger partial charge in [0.05, 0.1) is 15.8 Å². The minimum Gasteiger partial charge on any atom is -0.507 e. The largest absolute Gasteiger partial charge is 0.516 e. The minimum atomic E-state index is -5.54. The highest BCUT2D eigenvalue weighted by atomic mass is 32.2. The molecule has 0 radical (unpaired) electrons. The van der Waals surface area contributed by atoms with Gasteiger partial charge in [-0.2, -0.15) is 21.6 Å². The standard InChI is InChI=1S/C14H9F3N2O3S2/c15-14(16,17)24(21,22)19-8-5-6-11(20)9(7-8)13-18-10-3-1-2-4-12(10)23-13/h1-7,19-20H. The van der Waals surface area contributed by atoms with Crippen LogP contribution in [0, 0.1) is 0 Å². The van der Waals surface area contributed by atoms with Crippen molar-refractivity contribution in [2.45, 2.75) is 5.51 Å². The van der Waals surface area contributed by atoms with Crippen LogP contribution >= 0.6 is 11.3 Å². The number of phenolic OH excluding ortho intramolecular Hbond substituents is 1. The normalized spacial score (nSPS) is 12.5. The van der Waals surface area contributed by atoms with Crippen LogP contribution in [-0.4, -0.2) is 24.0 Å². The van der Waals surface area contributed by atoms with E-state index < -0.39 is 15.5 Å². The third-order valence-corrected chi connectivity index (χ3v) is 5.26. The van der Waals surface area contributed by atoms with Crippen LogP contribution in [0.3, 0.4) is 0 Å². The zero-order valence-electron chi connectivity index (χ0n) is 11.7. The van der Waals surface area contributed by atoms with Gasteiger partial charge in [0.1, 0.15) is 10.8 Å². The molecule has 3 aromatic rings. The van der Waals surface area contributed by atoms with Gasteiger partial charge in [-0.3, -0.25) is 4.72 Å². The molecule has 0 saturated heterocycles. The van der Waals surface area contributed by atoms with Crippen LogP contribution in [0.2, 0.25) is 0 Å². The van der Waals surface area contributed by atoms with Crippen LogP contribution < -0.4 is 4.72 Å². The maximum Gasteiger partial charge on any atom is 0.516 e. The fraction of sp³-hybridized carbons (Fsp3) is 0.0714. The van der Waals surface area contributed by atoms with E-state index in [9.17, 15) is 26.7 Å². The first-order chi connectivity index (χ1) is 11.2.